The van der Waals surface area contributed by atoms with Crippen LogP contribution in [0.15, 0.2) is 29.2 Å². The molecule has 0 aliphatic heterocycles. The van der Waals surface area contributed by atoms with Crippen LogP contribution in [0.1, 0.15) is 32.3 Å². The summed E-state index contributed by atoms with van der Waals surface area (Å²) in [6.07, 6.45) is 3.08. The highest BCUT2D eigenvalue weighted by atomic mass is 32.2. The van der Waals surface area contributed by atoms with Gasteiger partial charge in [0.2, 0.25) is 0 Å². The van der Waals surface area contributed by atoms with Crippen LogP contribution in [0.2, 0.25) is 0 Å². The number of nitrogens with zero attached hydrogens (tertiary/aromatic N) is 1. The van der Waals surface area contributed by atoms with Crippen LogP contribution in [0.4, 0.5) is 0 Å². The Bertz CT molecular complexity index is 396. The highest BCUT2D eigenvalue weighted by Gasteiger charge is 2.42. The zero-order chi connectivity index (χ0) is 11.6. The molecule has 1 aliphatic rings. The van der Waals surface area contributed by atoms with E-state index in [-0.39, 0.29) is 5.41 Å². The van der Waals surface area contributed by atoms with Crippen molar-refractivity contribution in [3.63, 3.8) is 0 Å². The highest BCUT2D eigenvalue weighted by Crippen LogP contribution is 2.47. The summed E-state index contributed by atoms with van der Waals surface area (Å²) in [5.74, 6) is 0. The van der Waals surface area contributed by atoms with E-state index in [0.717, 1.165) is 19.3 Å². The van der Waals surface area contributed by atoms with Crippen molar-refractivity contribution in [2.24, 2.45) is 5.41 Å². The first-order chi connectivity index (χ1) is 7.63. The fraction of sp³-hybridized carbons (Fsp3) is 0.500. The molecule has 0 aromatic heterocycles. The third kappa shape index (κ3) is 2.80. The Morgan fingerprint density at radius 1 is 1.31 bits per heavy atom. The van der Waals surface area contributed by atoms with E-state index in [9.17, 15) is 0 Å². The summed E-state index contributed by atoms with van der Waals surface area (Å²) >= 11 is 1.88. The topological polar surface area (TPSA) is 23.8 Å². The molecular formula is C14H17NS. The summed E-state index contributed by atoms with van der Waals surface area (Å²) in [6, 6.07) is 11.1. The van der Waals surface area contributed by atoms with Crippen molar-refractivity contribution in [2.75, 3.05) is 0 Å². The minimum absolute atomic E-state index is 0.0211. The van der Waals surface area contributed by atoms with Gasteiger partial charge in [-0.05, 0) is 37.0 Å². The lowest BCUT2D eigenvalue weighted by molar-refractivity contribution is 0.664. The van der Waals surface area contributed by atoms with E-state index in [1.165, 1.54) is 10.5 Å². The van der Waals surface area contributed by atoms with E-state index in [2.05, 4.69) is 44.2 Å². The van der Waals surface area contributed by atoms with E-state index in [0.29, 0.717) is 5.25 Å². The van der Waals surface area contributed by atoms with Gasteiger partial charge in [0.1, 0.15) is 0 Å². The molecule has 0 N–H and O–H groups in total. The lowest BCUT2D eigenvalue weighted by Crippen LogP contribution is -2.01. The monoisotopic (exact) mass is 231 g/mol. The van der Waals surface area contributed by atoms with Crippen molar-refractivity contribution in [1.29, 1.82) is 5.26 Å². The standard InChI is InChI=1S/C14H17NS/c1-11(2)16-13-5-3-12(4-6-13)9-14(10-15)7-8-14/h3-6,11H,7-9H2,1-2H3. The van der Waals surface area contributed by atoms with E-state index in [1.807, 2.05) is 11.8 Å². The molecule has 0 saturated heterocycles. The Balaban J connectivity index is 2.00. The predicted octanol–water partition coefficient (Wildman–Crippen LogP) is 4.03. The van der Waals surface area contributed by atoms with E-state index >= 15 is 0 Å². The molecule has 0 heterocycles. The summed E-state index contributed by atoms with van der Waals surface area (Å²) in [4.78, 5) is 1.32. The zero-order valence-electron chi connectivity index (χ0n) is 9.86. The zero-order valence-corrected chi connectivity index (χ0v) is 10.7. The molecule has 84 valence electrons. The molecule has 1 aromatic rings. The summed E-state index contributed by atoms with van der Waals surface area (Å²) in [5.41, 5.74) is 1.28. The Labute approximate surface area is 102 Å². The van der Waals surface area contributed by atoms with Gasteiger partial charge in [-0.3, -0.25) is 0 Å². The largest absolute Gasteiger partial charge is 0.198 e. The third-order valence-electron chi connectivity index (χ3n) is 2.93. The molecule has 1 fully saturated rings. The van der Waals surface area contributed by atoms with Gasteiger partial charge in [0, 0.05) is 10.1 Å². The van der Waals surface area contributed by atoms with Gasteiger partial charge in [0.15, 0.2) is 0 Å². The molecule has 1 aliphatic carbocycles. The Morgan fingerprint density at radius 3 is 2.38 bits per heavy atom. The van der Waals surface area contributed by atoms with Crippen molar-refractivity contribution < 1.29 is 0 Å². The number of hydrogen-bond donors (Lipinski definition) is 0. The van der Waals surface area contributed by atoms with Gasteiger partial charge < -0.3 is 0 Å². The van der Waals surface area contributed by atoms with Crippen LogP contribution in [0.3, 0.4) is 0 Å². The van der Waals surface area contributed by atoms with Gasteiger partial charge >= 0.3 is 0 Å². The molecule has 0 amide bonds. The van der Waals surface area contributed by atoms with Crippen LogP contribution in [0.25, 0.3) is 0 Å². The van der Waals surface area contributed by atoms with Crippen LogP contribution in [0.5, 0.6) is 0 Å². The van der Waals surface area contributed by atoms with Crippen molar-refractivity contribution >= 4 is 11.8 Å². The third-order valence-corrected chi connectivity index (χ3v) is 3.94. The molecular weight excluding hydrogens is 214 g/mol. The predicted molar refractivity (Wildman–Crippen MR) is 68.4 cm³/mol. The second-order valence-corrected chi connectivity index (χ2v) is 6.53. The van der Waals surface area contributed by atoms with Gasteiger partial charge in [0.05, 0.1) is 11.5 Å². The first-order valence-corrected chi connectivity index (χ1v) is 6.68. The Kier molecular flexibility index (Phi) is 3.25. The molecule has 0 atom stereocenters. The first-order valence-electron chi connectivity index (χ1n) is 5.80. The Morgan fingerprint density at radius 2 is 1.94 bits per heavy atom. The molecule has 0 spiro atoms. The smallest absolute Gasteiger partial charge is 0.0693 e. The van der Waals surface area contributed by atoms with Gasteiger partial charge in [-0.25, -0.2) is 0 Å². The number of benzene rings is 1. The van der Waals surface area contributed by atoms with Crippen LogP contribution in [-0.2, 0) is 6.42 Å². The minimum atomic E-state index is -0.0211. The maximum absolute atomic E-state index is 9.04. The quantitative estimate of drug-likeness (QED) is 0.730. The molecule has 0 radical (unpaired) electrons. The molecule has 1 aromatic carbocycles. The first kappa shape index (κ1) is 11.5. The fourth-order valence-corrected chi connectivity index (χ4v) is 2.67. The second-order valence-electron chi connectivity index (χ2n) is 4.88. The molecule has 1 saturated carbocycles. The van der Waals surface area contributed by atoms with Crippen LogP contribution < -0.4 is 0 Å². The fourth-order valence-electron chi connectivity index (χ4n) is 1.83. The summed E-state index contributed by atoms with van der Waals surface area (Å²) in [7, 11) is 0. The van der Waals surface area contributed by atoms with Crippen LogP contribution >= 0.6 is 11.8 Å². The SMILES string of the molecule is CC(C)Sc1ccc(CC2(C#N)CC2)cc1. The number of thioether (sulfide) groups is 1. The summed E-state index contributed by atoms with van der Waals surface area (Å²) in [6.45, 7) is 4.40. The van der Waals surface area contributed by atoms with Gasteiger partial charge in [-0.15, -0.1) is 11.8 Å². The van der Waals surface area contributed by atoms with E-state index < -0.39 is 0 Å². The van der Waals surface area contributed by atoms with Crippen molar-refractivity contribution in [2.45, 2.75) is 43.3 Å². The van der Waals surface area contributed by atoms with Crippen LogP contribution in [0, 0.1) is 16.7 Å². The highest BCUT2D eigenvalue weighted by molar-refractivity contribution is 7.99. The van der Waals surface area contributed by atoms with Crippen LogP contribution in [-0.4, -0.2) is 5.25 Å². The normalized spacial score (nSPS) is 17.1. The molecule has 2 rings (SSSR count). The molecule has 2 heteroatoms. The second kappa shape index (κ2) is 4.51. The van der Waals surface area contributed by atoms with Gasteiger partial charge in [-0.1, -0.05) is 26.0 Å². The maximum Gasteiger partial charge on any atom is 0.0693 e. The van der Waals surface area contributed by atoms with E-state index in [1.54, 1.807) is 0 Å². The van der Waals surface area contributed by atoms with E-state index in [4.69, 9.17) is 5.26 Å². The van der Waals surface area contributed by atoms with Crippen molar-refractivity contribution in [1.82, 2.24) is 0 Å². The number of nitriles is 1. The lowest BCUT2D eigenvalue weighted by atomic mass is 9.98. The number of hydrogen-bond acceptors (Lipinski definition) is 2. The minimum Gasteiger partial charge on any atom is -0.198 e. The van der Waals surface area contributed by atoms with Crippen molar-refractivity contribution in [3.8, 4) is 6.07 Å². The molecule has 0 bridgehead atoms. The molecule has 16 heavy (non-hydrogen) atoms. The average Bonchev–Trinajstić information content (AvgIpc) is 3.01. The summed E-state index contributed by atoms with van der Waals surface area (Å²) in [5, 5.41) is 9.66. The van der Waals surface area contributed by atoms with Gasteiger partial charge in [-0.2, -0.15) is 5.26 Å². The Hall–Kier alpha value is -0.940. The maximum atomic E-state index is 9.04. The molecule has 0 unspecified atom stereocenters. The molecule has 1 nitrogen and oxygen atoms in total. The van der Waals surface area contributed by atoms with Crippen molar-refractivity contribution in [3.05, 3.63) is 29.8 Å². The summed E-state index contributed by atoms with van der Waals surface area (Å²) < 4.78 is 0. The lowest BCUT2D eigenvalue weighted by Gasteiger charge is -2.08. The number of rotatable bonds is 4. The van der Waals surface area contributed by atoms with Gasteiger partial charge in [0.25, 0.3) is 0 Å². The average molecular weight is 231 g/mol.